The number of aliphatic carboxylic acids is 1. The average Bonchev–Trinajstić information content (AvgIpc) is 2.71. The van der Waals surface area contributed by atoms with E-state index in [1.807, 2.05) is 0 Å². The molecule has 3 rings (SSSR count). The van der Waals surface area contributed by atoms with Gasteiger partial charge in [0.05, 0.1) is 4.92 Å². The first-order chi connectivity index (χ1) is 14.8. The maximum Gasteiger partial charge on any atom is 0.329 e. The van der Waals surface area contributed by atoms with Crippen LogP contribution in [0.5, 0.6) is 0 Å². The van der Waals surface area contributed by atoms with E-state index < -0.39 is 45.2 Å². The molecule has 2 N–H and O–H groups in total. The SMILES string of the molecule is O=C(NC1(C(=O)O)CCCCCCC1)c1c(F)cc(-c2ccccc2)c(F)c1[N+](=O)[O-]. The molecule has 0 saturated heterocycles. The molecule has 1 aliphatic rings. The van der Waals surface area contributed by atoms with Crippen molar-refractivity contribution in [1.29, 1.82) is 0 Å². The third-order valence-electron chi connectivity index (χ3n) is 5.65. The van der Waals surface area contributed by atoms with Crippen molar-refractivity contribution in [2.45, 2.75) is 50.5 Å². The number of amides is 1. The van der Waals surface area contributed by atoms with E-state index in [4.69, 9.17) is 0 Å². The summed E-state index contributed by atoms with van der Waals surface area (Å²) < 4.78 is 30.0. The smallest absolute Gasteiger partial charge is 0.329 e. The van der Waals surface area contributed by atoms with Crippen LogP contribution >= 0.6 is 0 Å². The lowest BCUT2D eigenvalue weighted by atomic mass is 9.83. The van der Waals surface area contributed by atoms with Gasteiger partial charge in [0.2, 0.25) is 5.82 Å². The van der Waals surface area contributed by atoms with Gasteiger partial charge < -0.3 is 10.4 Å². The highest BCUT2D eigenvalue weighted by atomic mass is 19.1. The largest absolute Gasteiger partial charge is 0.480 e. The van der Waals surface area contributed by atoms with Crippen LogP contribution in [0.4, 0.5) is 14.5 Å². The van der Waals surface area contributed by atoms with Crippen molar-refractivity contribution in [3.8, 4) is 11.1 Å². The Kier molecular flexibility index (Phi) is 6.62. The monoisotopic (exact) mass is 432 g/mol. The van der Waals surface area contributed by atoms with Gasteiger partial charge in [0.25, 0.3) is 5.91 Å². The molecule has 164 valence electrons. The zero-order valence-corrected chi connectivity index (χ0v) is 16.7. The summed E-state index contributed by atoms with van der Waals surface area (Å²) in [5, 5.41) is 23.7. The Morgan fingerprint density at radius 1 is 1.03 bits per heavy atom. The van der Waals surface area contributed by atoms with Gasteiger partial charge in [-0.25, -0.2) is 9.18 Å². The lowest BCUT2D eigenvalue weighted by Gasteiger charge is -2.32. The first-order valence-corrected chi connectivity index (χ1v) is 10.0. The Morgan fingerprint density at radius 3 is 2.16 bits per heavy atom. The summed E-state index contributed by atoms with van der Waals surface area (Å²) in [6.45, 7) is 0. The highest BCUT2D eigenvalue weighted by molar-refractivity contribution is 6.02. The molecule has 0 atom stereocenters. The normalized spacial score (nSPS) is 16.1. The molecule has 2 aromatic carbocycles. The predicted molar refractivity (Wildman–Crippen MR) is 109 cm³/mol. The van der Waals surface area contributed by atoms with E-state index in [0.29, 0.717) is 12.8 Å². The Hall–Kier alpha value is -3.36. The quantitative estimate of drug-likeness (QED) is 0.519. The predicted octanol–water partition coefficient (Wildman–Crippen LogP) is 4.84. The van der Waals surface area contributed by atoms with Crippen LogP contribution in [0, 0.1) is 21.7 Å². The second-order valence-corrected chi connectivity index (χ2v) is 7.68. The number of carboxylic acid groups (broad SMARTS) is 1. The number of nitro groups is 1. The highest BCUT2D eigenvalue weighted by Crippen LogP contribution is 2.35. The summed E-state index contributed by atoms with van der Waals surface area (Å²) in [5.74, 6) is -5.27. The van der Waals surface area contributed by atoms with Gasteiger partial charge in [-0.2, -0.15) is 4.39 Å². The van der Waals surface area contributed by atoms with Gasteiger partial charge in [-0.05, 0) is 24.5 Å². The number of benzene rings is 2. The molecule has 31 heavy (non-hydrogen) atoms. The lowest BCUT2D eigenvalue weighted by molar-refractivity contribution is -0.387. The molecule has 9 heteroatoms. The lowest BCUT2D eigenvalue weighted by Crippen LogP contribution is -2.55. The summed E-state index contributed by atoms with van der Waals surface area (Å²) in [6.07, 6.45) is 3.76. The number of nitrogens with one attached hydrogen (secondary N) is 1. The van der Waals surface area contributed by atoms with Crippen molar-refractivity contribution in [3.05, 3.63) is 63.7 Å². The fourth-order valence-electron chi connectivity index (χ4n) is 4.01. The summed E-state index contributed by atoms with van der Waals surface area (Å²) in [5.41, 5.74) is -4.27. The second-order valence-electron chi connectivity index (χ2n) is 7.68. The minimum atomic E-state index is -1.69. The van der Waals surface area contributed by atoms with Crippen LogP contribution in [0.1, 0.15) is 55.3 Å². The summed E-state index contributed by atoms with van der Waals surface area (Å²) in [4.78, 5) is 35.3. The maximum absolute atomic E-state index is 15.1. The molecule has 0 bridgehead atoms. The van der Waals surface area contributed by atoms with Crippen molar-refractivity contribution >= 4 is 17.6 Å². The van der Waals surface area contributed by atoms with E-state index in [-0.39, 0.29) is 24.0 Å². The van der Waals surface area contributed by atoms with E-state index in [0.717, 1.165) is 25.3 Å². The van der Waals surface area contributed by atoms with Crippen LogP contribution in [-0.2, 0) is 4.79 Å². The molecule has 1 amide bonds. The van der Waals surface area contributed by atoms with Crippen LogP contribution in [0.25, 0.3) is 11.1 Å². The number of carboxylic acids is 1. The molecule has 0 radical (unpaired) electrons. The van der Waals surface area contributed by atoms with Gasteiger partial charge in [0, 0.05) is 5.56 Å². The Balaban J connectivity index is 2.06. The average molecular weight is 432 g/mol. The fourth-order valence-corrected chi connectivity index (χ4v) is 4.01. The molecule has 0 heterocycles. The fraction of sp³-hybridized carbons (Fsp3) is 0.364. The molecular weight excluding hydrogens is 410 g/mol. The topological polar surface area (TPSA) is 110 Å². The van der Waals surface area contributed by atoms with Crippen LogP contribution in [0.2, 0.25) is 0 Å². The molecular formula is C22H22F2N2O5. The van der Waals surface area contributed by atoms with E-state index in [9.17, 15) is 29.2 Å². The third kappa shape index (κ3) is 4.55. The number of carbonyl (C=O) groups excluding carboxylic acids is 1. The Labute approximate surface area is 177 Å². The van der Waals surface area contributed by atoms with Crippen molar-refractivity contribution in [1.82, 2.24) is 5.32 Å². The number of hydrogen-bond acceptors (Lipinski definition) is 4. The highest BCUT2D eigenvalue weighted by Gasteiger charge is 2.42. The summed E-state index contributed by atoms with van der Waals surface area (Å²) in [6, 6.07) is 8.39. The molecule has 0 spiro atoms. The van der Waals surface area contributed by atoms with Gasteiger partial charge in [0.15, 0.2) is 5.56 Å². The minimum Gasteiger partial charge on any atom is -0.480 e. The first kappa shape index (κ1) is 22.3. The van der Waals surface area contributed by atoms with Crippen LogP contribution in [0.3, 0.4) is 0 Å². The number of nitro benzene ring substituents is 1. The third-order valence-corrected chi connectivity index (χ3v) is 5.65. The van der Waals surface area contributed by atoms with Crippen molar-refractivity contribution in [2.24, 2.45) is 0 Å². The number of hydrogen-bond donors (Lipinski definition) is 2. The van der Waals surface area contributed by atoms with Crippen molar-refractivity contribution in [2.75, 3.05) is 0 Å². The van der Waals surface area contributed by atoms with Gasteiger partial charge >= 0.3 is 11.7 Å². The zero-order chi connectivity index (χ0) is 22.6. The van der Waals surface area contributed by atoms with Crippen molar-refractivity contribution in [3.63, 3.8) is 0 Å². The Bertz CT molecular complexity index is 1000. The van der Waals surface area contributed by atoms with Crippen LogP contribution in [-0.4, -0.2) is 27.4 Å². The van der Waals surface area contributed by atoms with Crippen LogP contribution < -0.4 is 5.32 Å². The molecule has 1 fully saturated rings. The molecule has 2 aromatic rings. The number of carbonyl (C=O) groups is 2. The minimum absolute atomic E-state index is 0.105. The maximum atomic E-state index is 15.1. The van der Waals surface area contributed by atoms with Gasteiger partial charge in [0.1, 0.15) is 11.4 Å². The molecule has 7 nitrogen and oxygen atoms in total. The van der Waals surface area contributed by atoms with Gasteiger partial charge in [-0.1, -0.05) is 62.4 Å². The van der Waals surface area contributed by atoms with Gasteiger partial charge in [-0.15, -0.1) is 0 Å². The van der Waals surface area contributed by atoms with E-state index in [2.05, 4.69) is 5.32 Å². The molecule has 1 aliphatic carbocycles. The number of rotatable bonds is 5. The van der Waals surface area contributed by atoms with Gasteiger partial charge in [-0.3, -0.25) is 14.9 Å². The molecule has 0 aliphatic heterocycles. The summed E-state index contributed by atoms with van der Waals surface area (Å²) >= 11 is 0. The molecule has 1 saturated carbocycles. The molecule has 0 unspecified atom stereocenters. The van der Waals surface area contributed by atoms with Crippen molar-refractivity contribution < 1.29 is 28.4 Å². The van der Waals surface area contributed by atoms with Crippen LogP contribution in [0.15, 0.2) is 36.4 Å². The van der Waals surface area contributed by atoms with E-state index >= 15 is 4.39 Å². The number of halogens is 2. The van der Waals surface area contributed by atoms with E-state index in [1.54, 1.807) is 18.2 Å². The standard InChI is InChI=1S/C22H22F2N2O5/c23-16-13-15(14-9-5-4-6-10-14)18(24)19(26(30)31)17(16)20(27)25-22(21(28)29)11-7-2-1-3-8-12-22/h4-6,9-10,13H,1-3,7-8,11-12H2,(H,25,27)(H,28,29). The molecule has 0 aromatic heterocycles. The first-order valence-electron chi connectivity index (χ1n) is 10.0. The Morgan fingerprint density at radius 2 is 1.61 bits per heavy atom. The summed E-state index contributed by atoms with van der Waals surface area (Å²) in [7, 11) is 0. The zero-order valence-electron chi connectivity index (χ0n) is 16.7. The van der Waals surface area contributed by atoms with E-state index in [1.165, 1.54) is 12.1 Å². The second kappa shape index (κ2) is 9.20. The number of nitrogens with zero attached hydrogens (tertiary/aromatic N) is 1.